The van der Waals surface area contributed by atoms with Crippen molar-refractivity contribution in [2.24, 2.45) is 12.8 Å². The Morgan fingerprint density at radius 1 is 1.50 bits per heavy atom. The minimum absolute atomic E-state index is 0.276. The molecule has 3 nitrogen and oxygen atoms in total. The summed E-state index contributed by atoms with van der Waals surface area (Å²) in [6.07, 6.45) is 0. The van der Waals surface area contributed by atoms with Gasteiger partial charge in [-0.05, 0) is 34.1 Å². The first-order valence-corrected chi connectivity index (χ1v) is 5.10. The number of aryl methyl sites for hydroxylation is 1. The van der Waals surface area contributed by atoms with Crippen LogP contribution in [-0.2, 0) is 13.6 Å². The summed E-state index contributed by atoms with van der Waals surface area (Å²) in [5, 5.41) is 10.6. The van der Waals surface area contributed by atoms with Crippen LogP contribution in [0.2, 0.25) is 0 Å². The van der Waals surface area contributed by atoms with Crippen molar-refractivity contribution in [3.63, 3.8) is 0 Å². The average Bonchev–Trinajstić information content (AvgIpc) is 2.50. The van der Waals surface area contributed by atoms with Gasteiger partial charge >= 0.3 is 0 Å². The molecule has 74 valence electrons. The van der Waals surface area contributed by atoms with E-state index in [-0.39, 0.29) is 5.75 Å². The van der Waals surface area contributed by atoms with Gasteiger partial charge in [-0.25, -0.2) is 0 Å². The second-order valence-electron chi connectivity index (χ2n) is 3.23. The zero-order valence-corrected chi connectivity index (χ0v) is 9.37. The number of hydrogen-bond donors (Lipinski definition) is 2. The molecular formula is C10H11BrN2O. The van der Waals surface area contributed by atoms with Crippen LogP contribution >= 0.6 is 15.9 Å². The second kappa shape index (κ2) is 3.29. The molecule has 0 unspecified atom stereocenters. The van der Waals surface area contributed by atoms with E-state index in [1.807, 2.05) is 29.8 Å². The molecule has 0 aliphatic heterocycles. The van der Waals surface area contributed by atoms with E-state index in [2.05, 4.69) is 15.9 Å². The van der Waals surface area contributed by atoms with Gasteiger partial charge in [-0.2, -0.15) is 0 Å². The van der Waals surface area contributed by atoms with Gasteiger partial charge in [-0.1, -0.05) is 0 Å². The van der Waals surface area contributed by atoms with Crippen LogP contribution in [0.3, 0.4) is 0 Å². The molecule has 0 amide bonds. The SMILES string of the molecule is Cn1c(CN)cc2c(O)c(Br)ccc21. The lowest BCUT2D eigenvalue weighted by atomic mass is 10.2. The van der Waals surface area contributed by atoms with Crippen LogP contribution in [0.25, 0.3) is 10.9 Å². The minimum atomic E-state index is 0.276. The number of halogens is 1. The number of aromatic hydroxyl groups is 1. The highest BCUT2D eigenvalue weighted by Crippen LogP contribution is 2.33. The Labute approximate surface area is 90.3 Å². The van der Waals surface area contributed by atoms with Crippen molar-refractivity contribution in [3.8, 4) is 5.75 Å². The van der Waals surface area contributed by atoms with Gasteiger partial charge in [0.25, 0.3) is 0 Å². The molecule has 1 aromatic carbocycles. The quantitative estimate of drug-likeness (QED) is 0.819. The monoisotopic (exact) mass is 254 g/mol. The Morgan fingerprint density at radius 3 is 2.86 bits per heavy atom. The van der Waals surface area contributed by atoms with E-state index in [4.69, 9.17) is 5.73 Å². The van der Waals surface area contributed by atoms with Crippen LogP contribution < -0.4 is 5.73 Å². The van der Waals surface area contributed by atoms with Gasteiger partial charge in [0.15, 0.2) is 0 Å². The van der Waals surface area contributed by atoms with E-state index >= 15 is 0 Å². The van der Waals surface area contributed by atoms with Crippen molar-refractivity contribution in [3.05, 3.63) is 28.4 Å². The summed E-state index contributed by atoms with van der Waals surface area (Å²) in [6.45, 7) is 0.474. The lowest BCUT2D eigenvalue weighted by Gasteiger charge is -2.01. The minimum Gasteiger partial charge on any atom is -0.506 e. The summed E-state index contributed by atoms with van der Waals surface area (Å²) in [4.78, 5) is 0. The number of hydrogen-bond acceptors (Lipinski definition) is 2. The highest BCUT2D eigenvalue weighted by Gasteiger charge is 2.09. The lowest BCUT2D eigenvalue weighted by Crippen LogP contribution is -2.02. The largest absolute Gasteiger partial charge is 0.506 e. The molecule has 0 radical (unpaired) electrons. The van der Waals surface area contributed by atoms with Crippen molar-refractivity contribution < 1.29 is 5.11 Å². The molecule has 2 rings (SSSR count). The van der Waals surface area contributed by atoms with Crippen LogP contribution in [0, 0.1) is 0 Å². The van der Waals surface area contributed by atoms with Gasteiger partial charge < -0.3 is 15.4 Å². The molecule has 14 heavy (non-hydrogen) atoms. The van der Waals surface area contributed by atoms with Crippen LogP contribution in [0.15, 0.2) is 22.7 Å². The maximum atomic E-state index is 9.79. The normalized spacial score (nSPS) is 11.1. The summed E-state index contributed by atoms with van der Waals surface area (Å²) in [5.74, 6) is 0.276. The molecule has 3 N–H and O–H groups in total. The Balaban J connectivity index is 2.85. The van der Waals surface area contributed by atoms with Crippen LogP contribution in [-0.4, -0.2) is 9.67 Å². The second-order valence-corrected chi connectivity index (χ2v) is 4.08. The predicted octanol–water partition coefficient (Wildman–Crippen LogP) is 2.11. The number of rotatable bonds is 1. The molecule has 1 heterocycles. The molecule has 0 aliphatic rings. The third kappa shape index (κ3) is 1.22. The number of fused-ring (bicyclic) bond motifs is 1. The van der Waals surface area contributed by atoms with Crippen molar-refractivity contribution >= 4 is 26.8 Å². The Kier molecular flexibility index (Phi) is 2.25. The Hall–Kier alpha value is -1.000. The Bertz CT molecular complexity index is 490. The van der Waals surface area contributed by atoms with E-state index in [0.717, 1.165) is 16.6 Å². The van der Waals surface area contributed by atoms with E-state index < -0.39 is 0 Å². The molecule has 1 aromatic heterocycles. The fraction of sp³-hybridized carbons (Fsp3) is 0.200. The van der Waals surface area contributed by atoms with Gasteiger partial charge in [0.2, 0.25) is 0 Å². The van der Waals surface area contributed by atoms with E-state index in [9.17, 15) is 5.11 Å². The van der Waals surface area contributed by atoms with Crippen molar-refractivity contribution in [1.29, 1.82) is 0 Å². The highest BCUT2D eigenvalue weighted by atomic mass is 79.9. The van der Waals surface area contributed by atoms with Crippen LogP contribution in [0.4, 0.5) is 0 Å². The van der Waals surface area contributed by atoms with Crippen LogP contribution in [0.5, 0.6) is 5.75 Å². The topological polar surface area (TPSA) is 51.2 Å². The fourth-order valence-electron chi connectivity index (χ4n) is 1.62. The van der Waals surface area contributed by atoms with Crippen molar-refractivity contribution in [2.75, 3.05) is 0 Å². The lowest BCUT2D eigenvalue weighted by molar-refractivity contribution is 0.478. The molecule has 0 atom stereocenters. The molecular weight excluding hydrogens is 244 g/mol. The summed E-state index contributed by atoms with van der Waals surface area (Å²) < 4.78 is 2.70. The predicted molar refractivity (Wildman–Crippen MR) is 60.2 cm³/mol. The molecule has 0 aliphatic carbocycles. The molecule has 0 spiro atoms. The maximum absolute atomic E-state index is 9.79. The number of nitrogens with zero attached hydrogens (tertiary/aromatic N) is 1. The summed E-state index contributed by atoms with van der Waals surface area (Å²) in [7, 11) is 1.94. The first-order valence-electron chi connectivity index (χ1n) is 4.31. The molecule has 0 bridgehead atoms. The summed E-state index contributed by atoms with van der Waals surface area (Å²) >= 11 is 3.28. The zero-order chi connectivity index (χ0) is 10.3. The molecule has 4 heteroatoms. The molecule has 0 saturated carbocycles. The van der Waals surface area contributed by atoms with E-state index in [1.165, 1.54) is 0 Å². The third-order valence-corrected chi connectivity index (χ3v) is 3.10. The number of aromatic nitrogens is 1. The highest BCUT2D eigenvalue weighted by molar-refractivity contribution is 9.10. The first-order chi connectivity index (χ1) is 6.65. The number of phenols is 1. The molecule has 2 aromatic rings. The van der Waals surface area contributed by atoms with Gasteiger partial charge in [0.1, 0.15) is 5.75 Å². The third-order valence-electron chi connectivity index (χ3n) is 2.46. The smallest absolute Gasteiger partial charge is 0.139 e. The summed E-state index contributed by atoms with van der Waals surface area (Å²) in [6, 6.07) is 5.70. The zero-order valence-electron chi connectivity index (χ0n) is 7.79. The standard InChI is InChI=1S/C10H11BrN2O/c1-13-6(5-12)4-7-9(13)3-2-8(11)10(7)14/h2-4,14H,5,12H2,1H3. The van der Waals surface area contributed by atoms with Crippen LogP contribution in [0.1, 0.15) is 5.69 Å². The van der Waals surface area contributed by atoms with E-state index in [0.29, 0.717) is 11.0 Å². The van der Waals surface area contributed by atoms with Gasteiger partial charge in [-0.15, -0.1) is 0 Å². The molecule has 0 fully saturated rings. The van der Waals surface area contributed by atoms with Gasteiger partial charge in [-0.3, -0.25) is 0 Å². The van der Waals surface area contributed by atoms with Crippen molar-refractivity contribution in [1.82, 2.24) is 4.57 Å². The maximum Gasteiger partial charge on any atom is 0.139 e. The summed E-state index contributed by atoms with van der Waals surface area (Å²) in [5.41, 5.74) is 7.59. The number of phenolic OH excluding ortho intramolecular Hbond substituents is 1. The number of nitrogens with two attached hydrogens (primary N) is 1. The average molecular weight is 255 g/mol. The van der Waals surface area contributed by atoms with Gasteiger partial charge in [0.05, 0.1) is 9.99 Å². The number of benzene rings is 1. The first kappa shape index (κ1) is 9.55. The fourth-order valence-corrected chi connectivity index (χ4v) is 1.97. The molecule has 0 saturated heterocycles. The Morgan fingerprint density at radius 2 is 2.21 bits per heavy atom. The van der Waals surface area contributed by atoms with Crippen molar-refractivity contribution in [2.45, 2.75) is 6.54 Å². The van der Waals surface area contributed by atoms with Gasteiger partial charge in [0, 0.05) is 24.7 Å². The van der Waals surface area contributed by atoms with E-state index in [1.54, 1.807) is 0 Å².